The minimum Gasteiger partial charge on any atom is -0.207 e. The van der Waals surface area contributed by atoms with Gasteiger partial charge in [0, 0.05) is 17.5 Å². The standard InChI is InChI=1S/C25H20F3N/c1-2-3-4-5-20-24(27)13-21-19-9-8-15(10-18(19)11-22(21)25(20)28)16-6-7-17(14-29)23(26)12-16/h6-10,12-13H,2-5,11H2,1H3. The quantitative estimate of drug-likeness (QED) is 0.338. The van der Waals surface area contributed by atoms with Gasteiger partial charge >= 0.3 is 0 Å². The predicted molar refractivity (Wildman–Crippen MR) is 108 cm³/mol. The van der Waals surface area contributed by atoms with Crippen LogP contribution in [-0.2, 0) is 12.8 Å². The average molecular weight is 391 g/mol. The van der Waals surface area contributed by atoms with Crippen LogP contribution in [0.25, 0.3) is 22.3 Å². The maximum Gasteiger partial charge on any atom is 0.141 e. The van der Waals surface area contributed by atoms with E-state index in [2.05, 4.69) is 6.92 Å². The summed E-state index contributed by atoms with van der Waals surface area (Å²) in [5, 5.41) is 8.89. The van der Waals surface area contributed by atoms with Gasteiger partial charge in [-0.25, -0.2) is 13.2 Å². The first-order valence-electron chi connectivity index (χ1n) is 9.86. The Labute approximate surface area is 168 Å². The van der Waals surface area contributed by atoms with Gasteiger partial charge in [0.25, 0.3) is 0 Å². The summed E-state index contributed by atoms with van der Waals surface area (Å²) in [5.74, 6) is -1.49. The summed E-state index contributed by atoms with van der Waals surface area (Å²) in [6, 6.07) is 13.3. The molecule has 146 valence electrons. The number of unbranched alkanes of at least 4 members (excludes halogenated alkanes) is 2. The number of nitrogens with zero attached hydrogens (tertiary/aromatic N) is 1. The lowest BCUT2D eigenvalue weighted by atomic mass is 9.97. The number of benzene rings is 3. The lowest BCUT2D eigenvalue weighted by Gasteiger charge is -2.10. The molecule has 3 aromatic carbocycles. The SMILES string of the molecule is CCCCCc1c(F)cc2c(c1F)Cc1cc(-c3ccc(C#N)c(F)c3)ccc1-2. The van der Waals surface area contributed by atoms with Crippen molar-refractivity contribution in [3.63, 3.8) is 0 Å². The Morgan fingerprint density at radius 1 is 0.897 bits per heavy atom. The second-order valence-electron chi connectivity index (χ2n) is 7.49. The van der Waals surface area contributed by atoms with Crippen LogP contribution in [0.4, 0.5) is 13.2 Å². The fourth-order valence-electron chi connectivity index (χ4n) is 4.06. The van der Waals surface area contributed by atoms with E-state index in [1.807, 2.05) is 24.3 Å². The molecule has 0 saturated carbocycles. The highest BCUT2D eigenvalue weighted by Gasteiger charge is 2.26. The molecule has 0 atom stereocenters. The predicted octanol–water partition coefficient (Wildman–Crippen LogP) is 6.95. The molecule has 3 aromatic rings. The van der Waals surface area contributed by atoms with Crippen LogP contribution in [0.2, 0.25) is 0 Å². The maximum absolute atomic E-state index is 15.1. The molecule has 0 amide bonds. The van der Waals surface area contributed by atoms with Crippen LogP contribution in [0.5, 0.6) is 0 Å². The topological polar surface area (TPSA) is 23.8 Å². The van der Waals surface area contributed by atoms with E-state index >= 15 is 4.39 Å². The second kappa shape index (κ2) is 7.75. The highest BCUT2D eigenvalue weighted by molar-refractivity contribution is 5.81. The van der Waals surface area contributed by atoms with Crippen LogP contribution in [0.3, 0.4) is 0 Å². The van der Waals surface area contributed by atoms with Gasteiger partial charge in [0.2, 0.25) is 0 Å². The Morgan fingerprint density at radius 3 is 2.38 bits per heavy atom. The van der Waals surface area contributed by atoms with Gasteiger partial charge in [0.05, 0.1) is 5.56 Å². The molecule has 4 heteroatoms. The van der Waals surface area contributed by atoms with E-state index in [-0.39, 0.29) is 11.1 Å². The van der Waals surface area contributed by atoms with Crippen molar-refractivity contribution in [3.05, 3.63) is 82.2 Å². The summed E-state index contributed by atoms with van der Waals surface area (Å²) >= 11 is 0. The number of nitriles is 1. The van der Waals surface area contributed by atoms with Gasteiger partial charge in [0.1, 0.15) is 23.5 Å². The first-order chi connectivity index (χ1) is 14.0. The molecule has 0 spiro atoms. The molecule has 0 aliphatic heterocycles. The van der Waals surface area contributed by atoms with E-state index in [1.165, 1.54) is 18.2 Å². The summed E-state index contributed by atoms with van der Waals surface area (Å²) in [7, 11) is 0. The third kappa shape index (κ3) is 3.42. The van der Waals surface area contributed by atoms with Gasteiger partial charge in [-0.15, -0.1) is 0 Å². The average Bonchev–Trinajstić information content (AvgIpc) is 3.08. The molecular formula is C25H20F3N. The summed E-state index contributed by atoms with van der Waals surface area (Å²) in [6.45, 7) is 2.06. The lowest BCUT2D eigenvalue weighted by molar-refractivity contribution is 0.540. The van der Waals surface area contributed by atoms with Crippen LogP contribution in [0.15, 0.2) is 42.5 Å². The molecule has 4 rings (SSSR count). The summed E-state index contributed by atoms with van der Waals surface area (Å²) in [6.07, 6.45) is 3.51. The lowest BCUT2D eigenvalue weighted by Crippen LogP contribution is -2.01. The summed E-state index contributed by atoms with van der Waals surface area (Å²) in [4.78, 5) is 0. The van der Waals surface area contributed by atoms with Crippen molar-refractivity contribution in [3.8, 4) is 28.3 Å². The minimum atomic E-state index is -0.571. The first-order valence-corrected chi connectivity index (χ1v) is 9.86. The largest absolute Gasteiger partial charge is 0.207 e. The first kappa shape index (κ1) is 19.3. The molecule has 29 heavy (non-hydrogen) atoms. The zero-order valence-corrected chi connectivity index (χ0v) is 16.2. The molecule has 1 aliphatic rings. The second-order valence-corrected chi connectivity index (χ2v) is 7.49. The van der Waals surface area contributed by atoms with Gasteiger partial charge in [-0.05, 0) is 58.9 Å². The Kier molecular flexibility index (Phi) is 5.15. The number of halogens is 3. The number of hydrogen-bond donors (Lipinski definition) is 0. The van der Waals surface area contributed by atoms with Gasteiger partial charge in [-0.2, -0.15) is 5.26 Å². The molecule has 0 bridgehead atoms. The van der Waals surface area contributed by atoms with Gasteiger partial charge in [-0.3, -0.25) is 0 Å². The smallest absolute Gasteiger partial charge is 0.141 e. The van der Waals surface area contributed by atoms with E-state index in [0.29, 0.717) is 29.5 Å². The van der Waals surface area contributed by atoms with Crippen molar-refractivity contribution in [2.75, 3.05) is 0 Å². The minimum absolute atomic E-state index is 0.00420. The van der Waals surface area contributed by atoms with Crippen LogP contribution >= 0.6 is 0 Å². The number of fused-ring (bicyclic) bond motifs is 3. The van der Waals surface area contributed by atoms with Gasteiger partial charge in [0.15, 0.2) is 0 Å². The molecule has 1 nitrogen and oxygen atoms in total. The maximum atomic E-state index is 15.1. The molecule has 0 aromatic heterocycles. The van der Waals surface area contributed by atoms with E-state index in [4.69, 9.17) is 5.26 Å². The Balaban J connectivity index is 1.70. The van der Waals surface area contributed by atoms with E-state index in [1.54, 1.807) is 6.07 Å². The van der Waals surface area contributed by atoms with Crippen molar-refractivity contribution in [2.24, 2.45) is 0 Å². The van der Waals surface area contributed by atoms with E-state index in [0.717, 1.165) is 36.0 Å². The van der Waals surface area contributed by atoms with Crippen LogP contribution in [0.1, 0.15) is 48.4 Å². The Morgan fingerprint density at radius 2 is 1.66 bits per heavy atom. The number of hydrogen-bond acceptors (Lipinski definition) is 1. The molecule has 0 unspecified atom stereocenters. The van der Waals surface area contributed by atoms with E-state index in [9.17, 15) is 8.78 Å². The van der Waals surface area contributed by atoms with Gasteiger partial charge in [-0.1, -0.05) is 44.0 Å². The molecule has 0 heterocycles. The third-order valence-electron chi connectivity index (χ3n) is 5.63. The molecule has 0 saturated heterocycles. The highest BCUT2D eigenvalue weighted by Crippen LogP contribution is 2.41. The normalized spacial score (nSPS) is 11.8. The molecular weight excluding hydrogens is 371 g/mol. The van der Waals surface area contributed by atoms with Gasteiger partial charge < -0.3 is 0 Å². The molecule has 0 N–H and O–H groups in total. The fourth-order valence-corrected chi connectivity index (χ4v) is 4.06. The summed E-state index contributed by atoms with van der Waals surface area (Å²) in [5.41, 5.74) is 4.45. The Bertz CT molecular complexity index is 1140. The molecule has 0 fully saturated rings. The highest BCUT2D eigenvalue weighted by atomic mass is 19.1. The zero-order valence-electron chi connectivity index (χ0n) is 16.2. The monoisotopic (exact) mass is 391 g/mol. The van der Waals surface area contributed by atoms with Crippen molar-refractivity contribution in [1.29, 1.82) is 5.26 Å². The molecule has 1 aliphatic carbocycles. The van der Waals surface area contributed by atoms with Crippen molar-refractivity contribution >= 4 is 0 Å². The summed E-state index contributed by atoms with van der Waals surface area (Å²) < 4.78 is 43.6. The van der Waals surface area contributed by atoms with E-state index < -0.39 is 17.5 Å². The van der Waals surface area contributed by atoms with Crippen LogP contribution in [0, 0.1) is 28.8 Å². The Hall–Kier alpha value is -3.06. The van der Waals surface area contributed by atoms with Crippen molar-refractivity contribution < 1.29 is 13.2 Å². The fraction of sp³-hybridized carbons (Fsp3) is 0.240. The van der Waals surface area contributed by atoms with Crippen LogP contribution in [-0.4, -0.2) is 0 Å². The van der Waals surface area contributed by atoms with Crippen LogP contribution < -0.4 is 0 Å². The zero-order chi connectivity index (χ0) is 20.5. The number of rotatable bonds is 5. The van der Waals surface area contributed by atoms with Crippen molar-refractivity contribution in [1.82, 2.24) is 0 Å². The third-order valence-corrected chi connectivity index (χ3v) is 5.63. The van der Waals surface area contributed by atoms with Crippen molar-refractivity contribution in [2.45, 2.75) is 39.0 Å². The molecule has 0 radical (unpaired) electrons.